The lowest BCUT2D eigenvalue weighted by molar-refractivity contribution is 0.439. The molecule has 7 heteroatoms. The van der Waals surface area contributed by atoms with Gasteiger partial charge in [-0.3, -0.25) is 5.10 Å². The number of aromatic amines is 1. The first-order valence-electron chi connectivity index (χ1n) is 6.97. The van der Waals surface area contributed by atoms with Crippen LogP contribution in [-0.2, 0) is 0 Å². The highest BCUT2D eigenvalue weighted by Gasteiger charge is 2.21. The van der Waals surface area contributed by atoms with Crippen molar-refractivity contribution in [3.63, 3.8) is 0 Å². The Morgan fingerprint density at radius 2 is 1.86 bits per heavy atom. The van der Waals surface area contributed by atoms with Crippen LogP contribution >= 0.6 is 23.2 Å². The zero-order valence-electron chi connectivity index (χ0n) is 11.7. The van der Waals surface area contributed by atoms with Crippen LogP contribution in [0, 0.1) is 0 Å². The molecule has 1 aromatic heterocycles. The third kappa shape index (κ3) is 3.31. The molecule has 0 radical (unpaired) electrons. The summed E-state index contributed by atoms with van der Waals surface area (Å²) in [5.74, 6) is 1.42. The molecular weight excluding hydrogens is 309 g/mol. The van der Waals surface area contributed by atoms with Gasteiger partial charge in [0.05, 0.1) is 0 Å². The van der Waals surface area contributed by atoms with Crippen LogP contribution in [0.4, 0.5) is 5.95 Å². The van der Waals surface area contributed by atoms with Crippen LogP contribution in [0.15, 0.2) is 18.2 Å². The second kappa shape index (κ2) is 6.22. The Morgan fingerprint density at radius 3 is 2.48 bits per heavy atom. The number of piperidine rings is 1. The Hall–Kier alpha value is -1.30. The van der Waals surface area contributed by atoms with Crippen LogP contribution in [0.25, 0.3) is 11.4 Å². The lowest BCUT2D eigenvalue weighted by Crippen LogP contribution is -2.41. The topological polar surface area (TPSA) is 56.8 Å². The molecule has 1 fully saturated rings. The van der Waals surface area contributed by atoms with Gasteiger partial charge in [0, 0.05) is 34.7 Å². The van der Waals surface area contributed by atoms with Gasteiger partial charge in [0.1, 0.15) is 0 Å². The van der Waals surface area contributed by atoms with Crippen molar-refractivity contribution in [2.24, 2.45) is 0 Å². The van der Waals surface area contributed by atoms with E-state index in [2.05, 4.69) is 25.4 Å². The van der Waals surface area contributed by atoms with Crippen LogP contribution < -0.4 is 10.2 Å². The third-order valence-corrected chi connectivity index (χ3v) is 4.23. The maximum Gasteiger partial charge on any atom is 0.245 e. The van der Waals surface area contributed by atoms with Crippen molar-refractivity contribution in [3.05, 3.63) is 28.2 Å². The number of benzene rings is 1. The molecule has 0 unspecified atom stereocenters. The van der Waals surface area contributed by atoms with Gasteiger partial charge >= 0.3 is 0 Å². The molecule has 0 bridgehead atoms. The minimum Gasteiger partial charge on any atom is -0.339 e. The maximum atomic E-state index is 6.02. The van der Waals surface area contributed by atoms with E-state index in [1.54, 1.807) is 6.07 Å². The molecule has 1 aliphatic rings. The predicted octanol–water partition coefficient (Wildman–Crippen LogP) is 2.97. The Labute approximate surface area is 133 Å². The van der Waals surface area contributed by atoms with Crippen LogP contribution in [0.3, 0.4) is 0 Å². The van der Waals surface area contributed by atoms with Gasteiger partial charge in [-0.05, 0) is 38.1 Å². The zero-order valence-corrected chi connectivity index (χ0v) is 13.2. The molecule has 1 aromatic carbocycles. The van der Waals surface area contributed by atoms with Crippen molar-refractivity contribution in [2.75, 3.05) is 25.0 Å². The highest BCUT2D eigenvalue weighted by atomic mass is 35.5. The highest BCUT2D eigenvalue weighted by molar-refractivity contribution is 6.35. The van der Waals surface area contributed by atoms with Crippen molar-refractivity contribution in [2.45, 2.75) is 18.9 Å². The van der Waals surface area contributed by atoms with Crippen molar-refractivity contribution < 1.29 is 0 Å². The van der Waals surface area contributed by atoms with Gasteiger partial charge in [0.2, 0.25) is 5.95 Å². The summed E-state index contributed by atoms with van der Waals surface area (Å²) in [5.41, 5.74) is 0.844. The van der Waals surface area contributed by atoms with Crippen molar-refractivity contribution in [1.82, 2.24) is 20.5 Å². The molecule has 0 saturated carbocycles. The molecule has 2 heterocycles. The van der Waals surface area contributed by atoms with Gasteiger partial charge in [-0.15, -0.1) is 5.10 Å². The summed E-state index contributed by atoms with van der Waals surface area (Å²) in [5, 5.41) is 11.8. The molecule has 21 heavy (non-hydrogen) atoms. The van der Waals surface area contributed by atoms with E-state index in [0.717, 1.165) is 37.4 Å². The Kier molecular flexibility index (Phi) is 4.33. The van der Waals surface area contributed by atoms with Crippen LogP contribution in [-0.4, -0.2) is 41.4 Å². The normalized spacial score (nSPS) is 16.4. The van der Waals surface area contributed by atoms with Crippen molar-refractivity contribution >= 4 is 29.2 Å². The van der Waals surface area contributed by atoms with Gasteiger partial charge in [-0.2, -0.15) is 4.98 Å². The summed E-state index contributed by atoms with van der Waals surface area (Å²) >= 11 is 12.0. The van der Waals surface area contributed by atoms with Crippen LogP contribution in [0.5, 0.6) is 0 Å². The molecule has 0 aliphatic carbocycles. The standard InChI is InChI=1S/C14H17Cl2N5/c1-17-12-2-4-21(5-3-12)14-18-13(19-20-14)9-6-10(15)8-11(16)7-9/h6-8,12,17H,2-5H2,1H3,(H,18,19,20). The summed E-state index contributed by atoms with van der Waals surface area (Å²) in [4.78, 5) is 6.75. The first-order chi connectivity index (χ1) is 10.2. The first-order valence-corrected chi connectivity index (χ1v) is 7.72. The predicted molar refractivity (Wildman–Crippen MR) is 86.1 cm³/mol. The molecule has 1 saturated heterocycles. The van der Waals surface area contributed by atoms with Gasteiger partial charge in [-0.25, -0.2) is 0 Å². The molecular formula is C14H17Cl2N5. The molecule has 0 atom stereocenters. The van der Waals surface area contributed by atoms with Crippen molar-refractivity contribution in [1.29, 1.82) is 0 Å². The first kappa shape index (κ1) is 14.6. The van der Waals surface area contributed by atoms with Gasteiger partial charge in [0.15, 0.2) is 5.82 Å². The van der Waals surface area contributed by atoms with Gasteiger partial charge < -0.3 is 10.2 Å². The summed E-state index contributed by atoms with van der Waals surface area (Å²) in [6.07, 6.45) is 2.20. The van der Waals surface area contributed by atoms with Crippen molar-refractivity contribution in [3.8, 4) is 11.4 Å². The SMILES string of the molecule is CNC1CCN(c2n[nH]c(-c3cc(Cl)cc(Cl)c3)n2)CC1. The average molecular weight is 326 g/mol. The number of nitrogens with zero attached hydrogens (tertiary/aromatic N) is 3. The monoisotopic (exact) mass is 325 g/mol. The lowest BCUT2D eigenvalue weighted by Gasteiger charge is -2.30. The quantitative estimate of drug-likeness (QED) is 0.910. The second-order valence-electron chi connectivity index (χ2n) is 5.19. The molecule has 2 N–H and O–H groups in total. The number of rotatable bonds is 3. The number of H-pyrrole nitrogens is 1. The van der Waals surface area contributed by atoms with E-state index < -0.39 is 0 Å². The zero-order chi connectivity index (χ0) is 14.8. The summed E-state index contributed by atoms with van der Waals surface area (Å²) in [6, 6.07) is 5.94. The van der Waals surface area contributed by atoms with E-state index in [4.69, 9.17) is 23.2 Å². The summed E-state index contributed by atoms with van der Waals surface area (Å²) < 4.78 is 0. The van der Waals surface area contributed by atoms with Gasteiger partial charge in [-0.1, -0.05) is 23.2 Å². The smallest absolute Gasteiger partial charge is 0.245 e. The number of hydrogen-bond acceptors (Lipinski definition) is 4. The van der Waals surface area contributed by atoms with Crippen LogP contribution in [0.2, 0.25) is 10.0 Å². The average Bonchev–Trinajstić information content (AvgIpc) is 2.96. The maximum absolute atomic E-state index is 6.02. The van der Waals surface area contributed by atoms with E-state index >= 15 is 0 Å². The van der Waals surface area contributed by atoms with E-state index in [0.29, 0.717) is 21.9 Å². The fraction of sp³-hybridized carbons (Fsp3) is 0.429. The lowest BCUT2D eigenvalue weighted by atomic mass is 10.1. The third-order valence-electron chi connectivity index (χ3n) is 3.80. The number of aromatic nitrogens is 3. The fourth-order valence-electron chi connectivity index (χ4n) is 2.58. The number of nitrogens with one attached hydrogen (secondary N) is 2. The van der Waals surface area contributed by atoms with Gasteiger partial charge in [0.25, 0.3) is 0 Å². The second-order valence-corrected chi connectivity index (χ2v) is 6.07. The molecule has 3 rings (SSSR count). The van der Waals surface area contributed by atoms with E-state index in [9.17, 15) is 0 Å². The Morgan fingerprint density at radius 1 is 1.19 bits per heavy atom. The van der Waals surface area contributed by atoms with E-state index in [1.165, 1.54) is 0 Å². The minimum atomic E-state index is 0.588. The van der Waals surface area contributed by atoms with Crippen LogP contribution in [0.1, 0.15) is 12.8 Å². The summed E-state index contributed by atoms with van der Waals surface area (Å²) in [7, 11) is 2.01. The summed E-state index contributed by atoms with van der Waals surface area (Å²) in [6.45, 7) is 1.91. The molecule has 1 aliphatic heterocycles. The minimum absolute atomic E-state index is 0.588. The molecule has 0 amide bonds. The Bertz CT molecular complexity index is 599. The molecule has 112 valence electrons. The molecule has 0 spiro atoms. The highest BCUT2D eigenvalue weighted by Crippen LogP contribution is 2.26. The number of hydrogen-bond donors (Lipinski definition) is 2. The molecule has 2 aromatic rings. The molecule has 5 nitrogen and oxygen atoms in total. The Balaban J connectivity index is 1.77. The fourth-order valence-corrected chi connectivity index (χ4v) is 3.11. The van der Waals surface area contributed by atoms with E-state index in [-0.39, 0.29) is 0 Å². The number of anilines is 1. The number of halogens is 2. The van der Waals surface area contributed by atoms with E-state index in [1.807, 2.05) is 19.2 Å². The largest absolute Gasteiger partial charge is 0.339 e.